The standard InChI is InChI=1S/C12H11NO3/c1-7-10(12(14)15)11(16-2)8-5-3-4-6-9(8)13-7/h3-6H,1-2H3,(H,14,15). The van der Waals surface area contributed by atoms with Gasteiger partial charge < -0.3 is 9.84 Å². The van der Waals surface area contributed by atoms with E-state index in [0.717, 1.165) is 5.52 Å². The highest BCUT2D eigenvalue weighted by molar-refractivity contribution is 6.00. The van der Waals surface area contributed by atoms with E-state index in [2.05, 4.69) is 4.98 Å². The van der Waals surface area contributed by atoms with Gasteiger partial charge in [0.1, 0.15) is 11.3 Å². The maximum atomic E-state index is 11.1. The van der Waals surface area contributed by atoms with Gasteiger partial charge >= 0.3 is 5.97 Å². The number of aromatic nitrogens is 1. The Hall–Kier alpha value is -2.10. The Balaban J connectivity index is 2.90. The molecule has 0 aliphatic heterocycles. The Morgan fingerprint density at radius 3 is 2.69 bits per heavy atom. The number of aromatic carboxylic acids is 1. The van der Waals surface area contributed by atoms with E-state index in [-0.39, 0.29) is 5.56 Å². The molecule has 0 unspecified atom stereocenters. The number of methoxy groups -OCH3 is 1. The van der Waals surface area contributed by atoms with Crippen LogP contribution in [0.3, 0.4) is 0 Å². The van der Waals surface area contributed by atoms with E-state index in [0.29, 0.717) is 16.8 Å². The molecule has 0 aliphatic carbocycles. The Morgan fingerprint density at radius 1 is 1.38 bits per heavy atom. The molecular formula is C12H11NO3. The molecule has 1 aromatic heterocycles. The van der Waals surface area contributed by atoms with E-state index >= 15 is 0 Å². The molecule has 1 N–H and O–H groups in total. The van der Waals surface area contributed by atoms with Gasteiger partial charge in [-0.25, -0.2) is 4.79 Å². The van der Waals surface area contributed by atoms with Crippen LogP contribution in [-0.4, -0.2) is 23.2 Å². The third-order valence-corrected chi connectivity index (χ3v) is 2.44. The zero-order valence-corrected chi connectivity index (χ0v) is 9.02. The molecule has 0 bridgehead atoms. The third kappa shape index (κ3) is 1.48. The Kier molecular flexibility index (Phi) is 2.48. The number of ether oxygens (including phenoxy) is 1. The fraction of sp³-hybridized carbons (Fsp3) is 0.167. The van der Waals surface area contributed by atoms with E-state index in [1.807, 2.05) is 18.2 Å². The van der Waals surface area contributed by atoms with E-state index in [9.17, 15) is 4.79 Å². The molecule has 0 atom stereocenters. The number of para-hydroxylation sites is 1. The predicted molar refractivity (Wildman–Crippen MR) is 60.0 cm³/mol. The number of hydrogen-bond acceptors (Lipinski definition) is 3. The van der Waals surface area contributed by atoms with Gasteiger partial charge in [0.2, 0.25) is 0 Å². The summed E-state index contributed by atoms with van der Waals surface area (Å²) in [6, 6.07) is 7.31. The van der Waals surface area contributed by atoms with Crippen molar-refractivity contribution in [1.82, 2.24) is 4.98 Å². The Bertz CT molecular complexity index is 563. The fourth-order valence-corrected chi connectivity index (χ4v) is 1.76. The lowest BCUT2D eigenvalue weighted by Gasteiger charge is -2.10. The minimum Gasteiger partial charge on any atom is -0.495 e. The number of carbonyl (C=O) groups is 1. The number of fused-ring (bicyclic) bond motifs is 1. The minimum absolute atomic E-state index is 0.126. The SMILES string of the molecule is COc1c(C(=O)O)c(C)nc2ccccc12. The van der Waals surface area contributed by atoms with E-state index in [4.69, 9.17) is 9.84 Å². The molecule has 2 aromatic rings. The first kappa shape index (κ1) is 10.4. The quantitative estimate of drug-likeness (QED) is 0.838. The van der Waals surface area contributed by atoms with Crippen LogP contribution in [0.4, 0.5) is 0 Å². The number of aryl methyl sites for hydroxylation is 1. The summed E-state index contributed by atoms with van der Waals surface area (Å²) in [6.45, 7) is 1.67. The average Bonchev–Trinajstić information content (AvgIpc) is 2.26. The molecule has 0 saturated carbocycles. The summed E-state index contributed by atoms with van der Waals surface area (Å²) in [6.07, 6.45) is 0. The van der Waals surface area contributed by atoms with Crippen molar-refractivity contribution in [2.75, 3.05) is 7.11 Å². The van der Waals surface area contributed by atoms with Gasteiger partial charge in [-0.3, -0.25) is 4.98 Å². The lowest BCUT2D eigenvalue weighted by molar-refractivity contribution is 0.0692. The highest BCUT2D eigenvalue weighted by atomic mass is 16.5. The summed E-state index contributed by atoms with van der Waals surface area (Å²) in [7, 11) is 1.47. The summed E-state index contributed by atoms with van der Waals surface area (Å²) in [4.78, 5) is 15.4. The maximum absolute atomic E-state index is 11.1. The van der Waals surface area contributed by atoms with Crippen LogP contribution < -0.4 is 4.74 Å². The van der Waals surface area contributed by atoms with Crippen LogP contribution >= 0.6 is 0 Å². The van der Waals surface area contributed by atoms with Crippen LogP contribution in [0.15, 0.2) is 24.3 Å². The molecule has 4 nitrogen and oxygen atoms in total. The maximum Gasteiger partial charge on any atom is 0.341 e. The molecule has 1 aromatic carbocycles. The molecule has 0 spiro atoms. The number of hydrogen-bond donors (Lipinski definition) is 1. The molecule has 82 valence electrons. The second-order valence-electron chi connectivity index (χ2n) is 3.43. The monoisotopic (exact) mass is 217 g/mol. The van der Waals surface area contributed by atoms with Crippen LogP contribution in [0.2, 0.25) is 0 Å². The number of pyridine rings is 1. The lowest BCUT2D eigenvalue weighted by atomic mass is 10.1. The van der Waals surface area contributed by atoms with Crippen LogP contribution in [0.5, 0.6) is 5.75 Å². The molecule has 0 amide bonds. The van der Waals surface area contributed by atoms with E-state index in [1.165, 1.54) is 7.11 Å². The molecule has 2 rings (SSSR count). The molecule has 0 fully saturated rings. The van der Waals surface area contributed by atoms with Crippen molar-refractivity contribution in [2.45, 2.75) is 6.92 Å². The van der Waals surface area contributed by atoms with Gasteiger partial charge in [-0.1, -0.05) is 12.1 Å². The van der Waals surface area contributed by atoms with Crippen LogP contribution in [-0.2, 0) is 0 Å². The highest BCUT2D eigenvalue weighted by Crippen LogP contribution is 2.30. The molecule has 0 radical (unpaired) electrons. The molecule has 1 heterocycles. The van der Waals surface area contributed by atoms with Crippen molar-refractivity contribution in [1.29, 1.82) is 0 Å². The van der Waals surface area contributed by atoms with Crippen molar-refractivity contribution in [3.05, 3.63) is 35.5 Å². The Morgan fingerprint density at radius 2 is 2.06 bits per heavy atom. The largest absolute Gasteiger partial charge is 0.495 e. The summed E-state index contributed by atoms with van der Waals surface area (Å²) < 4.78 is 5.18. The number of benzene rings is 1. The van der Waals surface area contributed by atoms with E-state index < -0.39 is 5.97 Å². The normalized spacial score (nSPS) is 10.4. The first-order valence-electron chi connectivity index (χ1n) is 4.81. The number of rotatable bonds is 2. The summed E-state index contributed by atoms with van der Waals surface area (Å²) in [5.74, 6) is -0.650. The predicted octanol–water partition coefficient (Wildman–Crippen LogP) is 2.25. The van der Waals surface area contributed by atoms with Crippen molar-refractivity contribution >= 4 is 16.9 Å². The highest BCUT2D eigenvalue weighted by Gasteiger charge is 2.18. The summed E-state index contributed by atoms with van der Waals surface area (Å²) in [5, 5.41) is 9.83. The van der Waals surface area contributed by atoms with E-state index in [1.54, 1.807) is 13.0 Å². The molecule has 0 saturated heterocycles. The second-order valence-corrected chi connectivity index (χ2v) is 3.43. The van der Waals surface area contributed by atoms with Crippen molar-refractivity contribution in [2.24, 2.45) is 0 Å². The van der Waals surface area contributed by atoms with Crippen LogP contribution in [0.1, 0.15) is 16.1 Å². The smallest absolute Gasteiger partial charge is 0.341 e. The van der Waals surface area contributed by atoms with Gasteiger partial charge in [0.05, 0.1) is 18.3 Å². The fourth-order valence-electron chi connectivity index (χ4n) is 1.76. The lowest BCUT2D eigenvalue weighted by Crippen LogP contribution is -2.06. The zero-order chi connectivity index (χ0) is 11.7. The van der Waals surface area contributed by atoms with Crippen molar-refractivity contribution < 1.29 is 14.6 Å². The second kappa shape index (κ2) is 3.81. The van der Waals surface area contributed by atoms with Crippen LogP contribution in [0, 0.1) is 6.92 Å². The topological polar surface area (TPSA) is 59.4 Å². The van der Waals surface area contributed by atoms with Gasteiger partial charge in [0.15, 0.2) is 0 Å². The summed E-state index contributed by atoms with van der Waals surface area (Å²) in [5.41, 5.74) is 1.33. The molecular weight excluding hydrogens is 206 g/mol. The number of carboxylic acid groups (broad SMARTS) is 1. The number of carboxylic acids is 1. The molecule has 16 heavy (non-hydrogen) atoms. The average molecular weight is 217 g/mol. The van der Waals surface area contributed by atoms with Gasteiger partial charge in [0.25, 0.3) is 0 Å². The zero-order valence-electron chi connectivity index (χ0n) is 9.02. The van der Waals surface area contributed by atoms with Gasteiger partial charge in [-0.05, 0) is 19.1 Å². The van der Waals surface area contributed by atoms with Gasteiger partial charge in [0, 0.05) is 5.39 Å². The van der Waals surface area contributed by atoms with Crippen LogP contribution in [0.25, 0.3) is 10.9 Å². The van der Waals surface area contributed by atoms with Gasteiger partial charge in [-0.2, -0.15) is 0 Å². The van der Waals surface area contributed by atoms with Gasteiger partial charge in [-0.15, -0.1) is 0 Å². The molecule has 0 aliphatic rings. The Labute approximate surface area is 92.5 Å². The first-order chi connectivity index (χ1) is 7.65. The third-order valence-electron chi connectivity index (χ3n) is 2.44. The molecule has 4 heteroatoms. The number of nitrogens with zero attached hydrogens (tertiary/aromatic N) is 1. The minimum atomic E-state index is -1.02. The van der Waals surface area contributed by atoms with Crippen molar-refractivity contribution in [3.63, 3.8) is 0 Å². The summed E-state index contributed by atoms with van der Waals surface area (Å²) >= 11 is 0. The van der Waals surface area contributed by atoms with Crippen molar-refractivity contribution in [3.8, 4) is 5.75 Å². The first-order valence-corrected chi connectivity index (χ1v) is 4.81.